The van der Waals surface area contributed by atoms with Gasteiger partial charge in [-0.15, -0.1) is 0 Å². The molecule has 0 aromatic rings. The smallest absolute Gasteiger partial charge is 0.229 e. The molecule has 3 N–H and O–H groups in total. The van der Waals surface area contributed by atoms with Crippen LogP contribution in [-0.4, -0.2) is 31.7 Å². The second kappa shape index (κ2) is 3.46. The molecule has 0 spiro atoms. The van der Waals surface area contributed by atoms with Gasteiger partial charge in [-0.25, -0.2) is 0 Å². The van der Waals surface area contributed by atoms with Gasteiger partial charge in [0.2, 0.25) is 5.91 Å². The molecule has 1 saturated heterocycles. The van der Waals surface area contributed by atoms with Crippen LogP contribution in [0.2, 0.25) is 0 Å². The Bertz CT molecular complexity index is 276. The summed E-state index contributed by atoms with van der Waals surface area (Å²) in [5, 5.41) is 3.00. The minimum Gasteiger partial charge on any atom is -0.379 e. The highest BCUT2D eigenvalue weighted by molar-refractivity contribution is 5.83. The zero-order chi connectivity index (χ0) is 11.1. The summed E-state index contributed by atoms with van der Waals surface area (Å²) in [6.45, 7) is 5.78. The second-order valence-electron chi connectivity index (χ2n) is 5.53. The van der Waals surface area contributed by atoms with Gasteiger partial charge < -0.3 is 15.8 Å². The summed E-state index contributed by atoms with van der Waals surface area (Å²) in [6.07, 6.45) is 2.43. The van der Waals surface area contributed by atoms with Crippen molar-refractivity contribution in [1.29, 1.82) is 0 Å². The van der Waals surface area contributed by atoms with Crippen molar-refractivity contribution in [2.24, 2.45) is 16.6 Å². The highest BCUT2D eigenvalue weighted by Crippen LogP contribution is 2.44. The average molecular weight is 212 g/mol. The molecule has 2 fully saturated rings. The molecule has 1 saturated carbocycles. The Hall–Kier alpha value is -0.610. The predicted molar refractivity (Wildman–Crippen MR) is 57.3 cm³/mol. The summed E-state index contributed by atoms with van der Waals surface area (Å²) in [6, 6.07) is -0.176. The van der Waals surface area contributed by atoms with Crippen LogP contribution in [0.3, 0.4) is 0 Å². The first-order valence-electron chi connectivity index (χ1n) is 5.58. The van der Waals surface area contributed by atoms with E-state index < -0.39 is 5.41 Å². The van der Waals surface area contributed by atoms with Crippen LogP contribution in [0.1, 0.15) is 26.7 Å². The number of nitrogens with two attached hydrogens (primary N) is 1. The van der Waals surface area contributed by atoms with Crippen molar-refractivity contribution >= 4 is 5.91 Å². The largest absolute Gasteiger partial charge is 0.379 e. The van der Waals surface area contributed by atoms with Crippen molar-refractivity contribution in [2.45, 2.75) is 32.7 Å². The first-order valence-corrected chi connectivity index (χ1v) is 5.58. The van der Waals surface area contributed by atoms with E-state index >= 15 is 0 Å². The van der Waals surface area contributed by atoms with Gasteiger partial charge in [0.1, 0.15) is 0 Å². The molecule has 2 rings (SSSR count). The number of ether oxygens (including phenoxy) is 1. The molecule has 0 radical (unpaired) electrons. The lowest BCUT2D eigenvalue weighted by Gasteiger charge is -2.26. The fraction of sp³-hybridized carbons (Fsp3) is 0.909. The monoisotopic (exact) mass is 212 g/mol. The van der Waals surface area contributed by atoms with Crippen molar-refractivity contribution in [3.05, 3.63) is 0 Å². The van der Waals surface area contributed by atoms with E-state index in [4.69, 9.17) is 10.5 Å². The SMILES string of the molecule is CC1(CNC(=O)C2(C)COCC2N)CC1. The molecule has 1 aliphatic carbocycles. The highest BCUT2D eigenvalue weighted by Gasteiger charge is 2.45. The van der Waals surface area contributed by atoms with Crippen LogP contribution in [0, 0.1) is 10.8 Å². The van der Waals surface area contributed by atoms with Crippen molar-refractivity contribution in [1.82, 2.24) is 5.32 Å². The Morgan fingerprint density at radius 1 is 1.53 bits per heavy atom. The Kier molecular flexibility index (Phi) is 2.51. The van der Waals surface area contributed by atoms with Crippen molar-refractivity contribution in [2.75, 3.05) is 19.8 Å². The lowest BCUT2D eigenvalue weighted by atomic mass is 9.84. The van der Waals surface area contributed by atoms with Crippen LogP contribution < -0.4 is 11.1 Å². The minimum absolute atomic E-state index is 0.0422. The third-order valence-electron chi connectivity index (χ3n) is 3.82. The summed E-state index contributed by atoms with van der Waals surface area (Å²) in [4.78, 5) is 12.0. The topological polar surface area (TPSA) is 64.3 Å². The fourth-order valence-corrected chi connectivity index (χ4v) is 1.81. The maximum Gasteiger partial charge on any atom is 0.229 e. The van der Waals surface area contributed by atoms with E-state index in [1.165, 1.54) is 12.8 Å². The van der Waals surface area contributed by atoms with E-state index in [0.717, 1.165) is 6.54 Å². The van der Waals surface area contributed by atoms with Crippen LogP contribution in [0.4, 0.5) is 0 Å². The summed E-state index contributed by atoms with van der Waals surface area (Å²) in [5.41, 5.74) is 5.69. The van der Waals surface area contributed by atoms with E-state index in [9.17, 15) is 4.79 Å². The predicted octanol–water partition coefficient (Wildman–Crippen LogP) is 0.267. The molecule has 4 nitrogen and oxygen atoms in total. The van der Waals surface area contributed by atoms with E-state index in [1.54, 1.807) is 0 Å². The number of rotatable bonds is 3. The lowest BCUT2D eigenvalue weighted by molar-refractivity contribution is -0.130. The fourth-order valence-electron chi connectivity index (χ4n) is 1.81. The zero-order valence-corrected chi connectivity index (χ0v) is 9.51. The van der Waals surface area contributed by atoms with Crippen molar-refractivity contribution in [3.8, 4) is 0 Å². The molecule has 1 aliphatic heterocycles. The Balaban J connectivity index is 1.89. The van der Waals surface area contributed by atoms with Gasteiger partial charge in [-0.3, -0.25) is 4.79 Å². The molecule has 2 atom stereocenters. The van der Waals surface area contributed by atoms with Gasteiger partial charge >= 0.3 is 0 Å². The Morgan fingerprint density at radius 2 is 2.20 bits per heavy atom. The normalized spacial score (nSPS) is 37.7. The first kappa shape index (κ1) is 10.9. The average Bonchev–Trinajstić information content (AvgIpc) is 2.83. The number of hydrogen-bond donors (Lipinski definition) is 2. The number of carbonyl (C=O) groups is 1. The van der Waals surface area contributed by atoms with E-state index in [0.29, 0.717) is 18.6 Å². The molecule has 4 heteroatoms. The lowest BCUT2D eigenvalue weighted by Crippen LogP contribution is -2.50. The first-order chi connectivity index (χ1) is 6.96. The summed E-state index contributed by atoms with van der Waals surface area (Å²) in [5.74, 6) is 0.0422. The molecule has 2 unspecified atom stereocenters. The molecule has 86 valence electrons. The van der Waals surface area contributed by atoms with Gasteiger partial charge in [0.15, 0.2) is 0 Å². The molecule has 15 heavy (non-hydrogen) atoms. The minimum atomic E-state index is -0.536. The van der Waals surface area contributed by atoms with Gasteiger partial charge in [-0.1, -0.05) is 6.92 Å². The van der Waals surface area contributed by atoms with Gasteiger partial charge in [0.25, 0.3) is 0 Å². The third-order valence-corrected chi connectivity index (χ3v) is 3.82. The molecule has 1 amide bonds. The third kappa shape index (κ3) is 2.01. The quantitative estimate of drug-likeness (QED) is 0.705. The maximum atomic E-state index is 12.0. The molecule has 0 aromatic carbocycles. The van der Waals surface area contributed by atoms with E-state index in [2.05, 4.69) is 12.2 Å². The molecule has 0 bridgehead atoms. The van der Waals surface area contributed by atoms with Crippen LogP contribution in [0.15, 0.2) is 0 Å². The van der Waals surface area contributed by atoms with Crippen LogP contribution in [0.5, 0.6) is 0 Å². The van der Waals surface area contributed by atoms with E-state index in [-0.39, 0.29) is 11.9 Å². The Labute approximate surface area is 90.5 Å². The molecule has 0 aromatic heterocycles. The number of hydrogen-bond acceptors (Lipinski definition) is 3. The molecule has 2 aliphatic rings. The molecular formula is C11H20N2O2. The van der Waals surface area contributed by atoms with Gasteiger partial charge in [-0.05, 0) is 25.2 Å². The molecule has 1 heterocycles. The number of nitrogens with one attached hydrogen (secondary N) is 1. The summed E-state index contributed by atoms with van der Waals surface area (Å²) in [7, 11) is 0. The van der Waals surface area contributed by atoms with Crippen LogP contribution >= 0.6 is 0 Å². The van der Waals surface area contributed by atoms with E-state index in [1.807, 2.05) is 6.92 Å². The van der Waals surface area contributed by atoms with Gasteiger partial charge in [-0.2, -0.15) is 0 Å². The number of carbonyl (C=O) groups excluding carboxylic acids is 1. The van der Waals surface area contributed by atoms with Gasteiger partial charge in [0.05, 0.1) is 18.6 Å². The van der Waals surface area contributed by atoms with Gasteiger partial charge in [0, 0.05) is 12.6 Å². The second-order valence-corrected chi connectivity index (χ2v) is 5.53. The zero-order valence-electron chi connectivity index (χ0n) is 9.51. The Morgan fingerprint density at radius 3 is 2.67 bits per heavy atom. The van der Waals surface area contributed by atoms with Crippen LogP contribution in [0.25, 0.3) is 0 Å². The maximum absolute atomic E-state index is 12.0. The van der Waals surface area contributed by atoms with Crippen molar-refractivity contribution < 1.29 is 9.53 Å². The standard InChI is InChI=1S/C11H20N2O2/c1-10(3-4-10)6-13-9(14)11(2)7-15-5-8(11)12/h8H,3-7,12H2,1-2H3,(H,13,14). The number of amides is 1. The summed E-state index contributed by atoms with van der Waals surface area (Å²) >= 11 is 0. The highest BCUT2D eigenvalue weighted by atomic mass is 16.5. The summed E-state index contributed by atoms with van der Waals surface area (Å²) < 4.78 is 5.26. The van der Waals surface area contributed by atoms with Crippen LogP contribution in [-0.2, 0) is 9.53 Å². The molecular weight excluding hydrogens is 192 g/mol. The van der Waals surface area contributed by atoms with Crippen molar-refractivity contribution in [3.63, 3.8) is 0 Å².